The van der Waals surface area contributed by atoms with Gasteiger partial charge in [0.25, 0.3) is 0 Å². The number of aryl methyl sites for hydroxylation is 2. The molecule has 1 fully saturated rings. The molecular weight excluding hydrogens is 539 g/mol. The predicted molar refractivity (Wildman–Crippen MR) is 142 cm³/mol. The maximum absolute atomic E-state index is 14.3. The Kier molecular flexibility index (Phi) is 6.95. The maximum atomic E-state index is 14.3. The van der Waals surface area contributed by atoms with Gasteiger partial charge in [0.2, 0.25) is 0 Å². The first-order valence-electron chi connectivity index (χ1n) is 13.5. The van der Waals surface area contributed by atoms with E-state index >= 15 is 0 Å². The van der Waals surface area contributed by atoms with Gasteiger partial charge in [-0.15, -0.1) is 0 Å². The van der Waals surface area contributed by atoms with Crippen LogP contribution in [0.25, 0.3) is 34.0 Å². The number of benzene rings is 2. The van der Waals surface area contributed by atoms with Gasteiger partial charge in [0.15, 0.2) is 17.2 Å². The molecule has 6 rings (SSSR count). The molecule has 2 aromatic heterocycles. The Labute approximate surface area is 233 Å². The van der Waals surface area contributed by atoms with E-state index in [4.69, 9.17) is 9.05 Å². The molecule has 3 heterocycles. The first kappa shape index (κ1) is 27.2. The van der Waals surface area contributed by atoms with Gasteiger partial charge in [-0.2, -0.15) is 13.2 Å². The standard InChI is InChI=1S/C30H28F3N3O5/c1-16-12-22-18(13-21(16)23(37)15-36-11-5-8-19(14-36)29(38)39)9-10-20-25(22)34-41-28(20)26-24(30(31,32)33)27(40-35-26)17-6-3-2-4-7-17/h2-4,6-7,12-13,19,23,37H,5,8-11,14-15H2,1H3,(H,38,39). The summed E-state index contributed by atoms with van der Waals surface area (Å²) in [5, 5.41) is 28.4. The lowest BCUT2D eigenvalue weighted by Gasteiger charge is -2.32. The van der Waals surface area contributed by atoms with Crippen LogP contribution in [0.5, 0.6) is 0 Å². The highest BCUT2D eigenvalue weighted by atomic mass is 19.4. The van der Waals surface area contributed by atoms with Crippen LogP contribution >= 0.6 is 0 Å². The van der Waals surface area contributed by atoms with Crippen molar-refractivity contribution in [2.45, 2.75) is 44.9 Å². The second-order valence-corrected chi connectivity index (χ2v) is 10.8. The summed E-state index contributed by atoms with van der Waals surface area (Å²) in [6.45, 7) is 3.30. The lowest BCUT2D eigenvalue weighted by molar-refractivity contribution is -0.143. The molecular formula is C30H28F3N3O5. The number of carbonyl (C=O) groups is 1. The topological polar surface area (TPSA) is 113 Å². The number of hydrogen-bond acceptors (Lipinski definition) is 7. The summed E-state index contributed by atoms with van der Waals surface area (Å²) in [5.41, 5.74) is 2.95. The molecule has 41 heavy (non-hydrogen) atoms. The van der Waals surface area contributed by atoms with E-state index < -0.39 is 35.4 Å². The Morgan fingerprint density at radius 3 is 2.56 bits per heavy atom. The molecule has 1 aliphatic carbocycles. The first-order valence-corrected chi connectivity index (χ1v) is 13.5. The van der Waals surface area contributed by atoms with E-state index in [9.17, 15) is 28.2 Å². The number of carboxylic acid groups (broad SMARTS) is 1. The van der Waals surface area contributed by atoms with Crippen LogP contribution in [-0.2, 0) is 23.8 Å². The van der Waals surface area contributed by atoms with Crippen LogP contribution in [0.4, 0.5) is 13.2 Å². The molecule has 0 spiro atoms. The van der Waals surface area contributed by atoms with Gasteiger partial charge >= 0.3 is 12.1 Å². The summed E-state index contributed by atoms with van der Waals surface area (Å²) < 4.78 is 53.6. The maximum Gasteiger partial charge on any atom is 0.422 e. The molecule has 2 aliphatic rings. The van der Waals surface area contributed by atoms with Crippen LogP contribution in [-0.4, -0.2) is 51.0 Å². The highest BCUT2D eigenvalue weighted by Crippen LogP contribution is 2.47. The van der Waals surface area contributed by atoms with Gasteiger partial charge in [-0.1, -0.05) is 46.7 Å². The number of rotatable bonds is 6. The van der Waals surface area contributed by atoms with Crippen molar-refractivity contribution in [2.75, 3.05) is 19.6 Å². The number of hydrogen-bond donors (Lipinski definition) is 2. The smallest absolute Gasteiger partial charge is 0.422 e. The van der Waals surface area contributed by atoms with Crippen molar-refractivity contribution in [3.05, 3.63) is 70.3 Å². The van der Waals surface area contributed by atoms with E-state index in [0.29, 0.717) is 43.6 Å². The number of piperidine rings is 1. The zero-order valence-electron chi connectivity index (χ0n) is 22.2. The molecule has 2 atom stereocenters. The molecule has 11 heteroatoms. The summed E-state index contributed by atoms with van der Waals surface area (Å²) >= 11 is 0. The van der Waals surface area contributed by atoms with Gasteiger partial charge < -0.3 is 19.3 Å². The number of fused-ring (bicyclic) bond motifs is 3. The second-order valence-electron chi connectivity index (χ2n) is 10.8. The summed E-state index contributed by atoms with van der Waals surface area (Å²) in [6, 6.07) is 11.8. The van der Waals surface area contributed by atoms with Crippen LogP contribution in [0.3, 0.4) is 0 Å². The number of alkyl halides is 3. The molecule has 0 saturated carbocycles. The number of carboxylic acids is 1. The zero-order valence-corrected chi connectivity index (χ0v) is 22.2. The number of aliphatic carboxylic acids is 1. The van der Waals surface area contributed by atoms with Crippen LogP contribution in [0.15, 0.2) is 51.5 Å². The number of aromatic nitrogens is 2. The van der Waals surface area contributed by atoms with Crippen molar-refractivity contribution in [2.24, 2.45) is 5.92 Å². The quantitative estimate of drug-likeness (QED) is 0.295. The van der Waals surface area contributed by atoms with E-state index in [-0.39, 0.29) is 17.1 Å². The van der Waals surface area contributed by atoms with Crippen molar-refractivity contribution < 1.29 is 37.2 Å². The fourth-order valence-electron chi connectivity index (χ4n) is 6.02. The highest BCUT2D eigenvalue weighted by Gasteiger charge is 2.43. The number of likely N-dealkylation sites (tertiary alicyclic amines) is 1. The van der Waals surface area contributed by atoms with E-state index in [1.165, 1.54) is 12.1 Å². The van der Waals surface area contributed by atoms with Crippen molar-refractivity contribution in [1.82, 2.24) is 15.2 Å². The summed E-state index contributed by atoms with van der Waals surface area (Å²) in [6.07, 6.45) is -3.29. The van der Waals surface area contributed by atoms with Crippen molar-refractivity contribution >= 4 is 5.97 Å². The minimum atomic E-state index is -4.74. The minimum Gasteiger partial charge on any atom is -0.481 e. The Morgan fingerprint density at radius 1 is 1.10 bits per heavy atom. The number of β-amino-alcohol motifs (C(OH)–C–C–N with tert-alkyl or cyclic N) is 1. The Hall–Kier alpha value is -3.96. The summed E-state index contributed by atoms with van der Waals surface area (Å²) in [4.78, 5) is 13.4. The van der Waals surface area contributed by atoms with E-state index in [1.807, 2.05) is 24.0 Å². The van der Waals surface area contributed by atoms with Gasteiger partial charge in [0.1, 0.15) is 11.3 Å². The van der Waals surface area contributed by atoms with Crippen LogP contribution < -0.4 is 0 Å². The summed E-state index contributed by atoms with van der Waals surface area (Å²) in [5.74, 6) is -1.70. The van der Waals surface area contributed by atoms with Crippen LogP contribution in [0, 0.1) is 12.8 Å². The third-order valence-corrected chi connectivity index (χ3v) is 8.05. The normalized spacial score (nSPS) is 18.1. The molecule has 214 valence electrons. The first-order chi connectivity index (χ1) is 19.6. The van der Waals surface area contributed by atoms with Gasteiger partial charge in [0, 0.05) is 29.8 Å². The van der Waals surface area contributed by atoms with Crippen molar-refractivity contribution in [3.63, 3.8) is 0 Å². The average molecular weight is 568 g/mol. The monoisotopic (exact) mass is 567 g/mol. The van der Waals surface area contributed by atoms with Crippen molar-refractivity contribution in [1.29, 1.82) is 0 Å². The average Bonchev–Trinajstić information content (AvgIpc) is 3.58. The zero-order chi connectivity index (χ0) is 28.9. The van der Waals surface area contributed by atoms with Gasteiger partial charge in [-0.05, 0) is 61.9 Å². The van der Waals surface area contributed by atoms with Gasteiger partial charge in [0.05, 0.1) is 12.0 Å². The Morgan fingerprint density at radius 2 is 1.83 bits per heavy atom. The molecule has 0 radical (unpaired) electrons. The molecule has 0 amide bonds. The van der Waals surface area contributed by atoms with Crippen molar-refractivity contribution in [3.8, 4) is 34.0 Å². The number of aliphatic hydroxyl groups is 1. The van der Waals surface area contributed by atoms with Crippen LogP contribution in [0.1, 0.15) is 46.8 Å². The van der Waals surface area contributed by atoms with Crippen LogP contribution in [0.2, 0.25) is 0 Å². The number of aliphatic hydroxyl groups excluding tert-OH is 1. The van der Waals surface area contributed by atoms with E-state index in [0.717, 1.165) is 35.2 Å². The predicted octanol–water partition coefficient (Wildman–Crippen LogP) is 5.92. The highest BCUT2D eigenvalue weighted by molar-refractivity contribution is 5.79. The number of halogens is 3. The fourth-order valence-corrected chi connectivity index (χ4v) is 6.02. The lowest BCUT2D eigenvalue weighted by atomic mass is 9.84. The fraction of sp³-hybridized carbons (Fsp3) is 0.367. The minimum absolute atomic E-state index is 0.0660. The molecule has 1 saturated heterocycles. The lowest BCUT2D eigenvalue weighted by Crippen LogP contribution is -2.40. The van der Waals surface area contributed by atoms with Gasteiger partial charge in [-0.25, -0.2) is 0 Å². The molecule has 8 nitrogen and oxygen atoms in total. The Balaban J connectivity index is 1.32. The van der Waals surface area contributed by atoms with E-state index in [1.54, 1.807) is 18.2 Å². The molecule has 0 bridgehead atoms. The number of nitrogens with zero attached hydrogens (tertiary/aromatic N) is 3. The largest absolute Gasteiger partial charge is 0.481 e. The molecule has 1 aliphatic heterocycles. The molecule has 4 aromatic rings. The van der Waals surface area contributed by atoms with E-state index in [2.05, 4.69) is 10.3 Å². The molecule has 2 unspecified atom stereocenters. The van der Waals surface area contributed by atoms with Gasteiger partial charge in [-0.3, -0.25) is 9.69 Å². The Bertz CT molecular complexity index is 1590. The second kappa shape index (κ2) is 10.5. The summed E-state index contributed by atoms with van der Waals surface area (Å²) in [7, 11) is 0. The molecule has 2 aromatic carbocycles. The third-order valence-electron chi connectivity index (χ3n) is 8.05. The molecule has 2 N–H and O–H groups in total. The SMILES string of the molecule is Cc1cc2c(cc1C(O)CN1CCCC(C(=O)O)C1)CCc1c-2noc1-c1noc(-c2ccccc2)c1C(F)(F)F. The third kappa shape index (κ3) is 5.04.